The van der Waals surface area contributed by atoms with E-state index >= 15 is 0 Å². The topological polar surface area (TPSA) is 105 Å². The highest BCUT2D eigenvalue weighted by atomic mass is 32.1. The van der Waals surface area contributed by atoms with Crippen LogP contribution >= 0.6 is 11.3 Å². The number of non-ortho nitro benzene ring substituents is 1. The molecule has 0 saturated carbocycles. The van der Waals surface area contributed by atoms with Crippen molar-refractivity contribution in [2.45, 2.75) is 13.3 Å². The van der Waals surface area contributed by atoms with Crippen molar-refractivity contribution in [2.75, 3.05) is 16.8 Å². The van der Waals surface area contributed by atoms with Gasteiger partial charge >= 0.3 is 0 Å². The van der Waals surface area contributed by atoms with Crippen LogP contribution in [0.2, 0.25) is 0 Å². The molecule has 9 heteroatoms. The minimum absolute atomic E-state index is 0.0239. The SMILES string of the molecule is Cc1cccc(N2CC(C(=O)Nc3nc4ccc([N+](=O)[O-])cc4s3)CC2=O)c1. The van der Waals surface area contributed by atoms with Gasteiger partial charge in [0.05, 0.1) is 21.1 Å². The molecule has 142 valence electrons. The van der Waals surface area contributed by atoms with Gasteiger partial charge in [0.25, 0.3) is 5.69 Å². The molecule has 0 bridgehead atoms. The summed E-state index contributed by atoms with van der Waals surface area (Å²) in [4.78, 5) is 41.3. The first-order valence-corrected chi connectivity index (χ1v) is 9.45. The van der Waals surface area contributed by atoms with Crippen LogP contribution in [-0.4, -0.2) is 28.3 Å². The number of carbonyl (C=O) groups excluding carboxylic acids is 2. The van der Waals surface area contributed by atoms with Crippen molar-refractivity contribution in [1.29, 1.82) is 0 Å². The van der Waals surface area contributed by atoms with Crippen LogP contribution in [0, 0.1) is 23.0 Å². The molecule has 1 atom stereocenters. The Labute approximate surface area is 163 Å². The summed E-state index contributed by atoms with van der Waals surface area (Å²) in [6.07, 6.45) is 0.135. The fourth-order valence-corrected chi connectivity index (χ4v) is 4.12. The minimum Gasteiger partial charge on any atom is -0.312 e. The van der Waals surface area contributed by atoms with Gasteiger partial charge in [0.2, 0.25) is 11.8 Å². The van der Waals surface area contributed by atoms with Crippen molar-refractivity contribution < 1.29 is 14.5 Å². The van der Waals surface area contributed by atoms with Gasteiger partial charge in [0, 0.05) is 30.8 Å². The number of aryl methyl sites for hydroxylation is 1. The maximum Gasteiger partial charge on any atom is 0.270 e. The zero-order valence-corrected chi connectivity index (χ0v) is 15.7. The summed E-state index contributed by atoms with van der Waals surface area (Å²) >= 11 is 1.17. The van der Waals surface area contributed by atoms with Crippen LogP contribution in [0.1, 0.15) is 12.0 Å². The fourth-order valence-electron chi connectivity index (χ4n) is 3.22. The lowest BCUT2D eigenvalue weighted by molar-refractivity contribution is -0.384. The van der Waals surface area contributed by atoms with Gasteiger partial charge in [0.15, 0.2) is 5.13 Å². The number of nitrogens with zero attached hydrogens (tertiary/aromatic N) is 3. The van der Waals surface area contributed by atoms with Gasteiger partial charge in [-0.25, -0.2) is 4.98 Å². The van der Waals surface area contributed by atoms with E-state index in [0.717, 1.165) is 11.3 Å². The monoisotopic (exact) mass is 396 g/mol. The second-order valence-corrected chi connectivity index (χ2v) is 7.69. The van der Waals surface area contributed by atoms with Gasteiger partial charge in [0.1, 0.15) is 0 Å². The summed E-state index contributed by atoms with van der Waals surface area (Å²) in [5, 5.41) is 14.0. The fraction of sp³-hybridized carbons (Fsp3) is 0.211. The molecular formula is C19H16N4O4S. The number of hydrogen-bond donors (Lipinski definition) is 1. The molecule has 1 aromatic heterocycles. The summed E-state index contributed by atoms with van der Waals surface area (Å²) in [6, 6.07) is 12.0. The van der Waals surface area contributed by atoms with Crippen molar-refractivity contribution in [2.24, 2.45) is 5.92 Å². The van der Waals surface area contributed by atoms with Crippen molar-refractivity contribution in [1.82, 2.24) is 4.98 Å². The zero-order chi connectivity index (χ0) is 19.8. The number of benzene rings is 2. The molecule has 3 aromatic rings. The van der Waals surface area contributed by atoms with Crippen LogP contribution in [0.5, 0.6) is 0 Å². The third kappa shape index (κ3) is 3.44. The Kier molecular flexibility index (Phi) is 4.52. The number of carbonyl (C=O) groups is 2. The second kappa shape index (κ2) is 7.01. The average Bonchev–Trinajstić information content (AvgIpc) is 3.23. The molecular weight excluding hydrogens is 380 g/mol. The van der Waals surface area contributed by atoms with Crippen molar-refractivity contribution in [3.63, 3.8) is 0 Å². The maximum absolute atomic E-state index is 12.6. The normalized spacial score (nSPS) is 16.5. The van der Waals surface area contributed by atoms with Crippen LogP contribution in [0.25, 0.3) is 10.2 Å². The summed E-state index contributed by atoms with van der Waals surface area (Å²) < 4.78 is 0.619. The number of rotatable bonds is 4. The Bertz CT molecular complexity index is 1110. The first-order valence-electron chi connectivity index (χ1n) is 8.63. The van der Waals surface area contributed by atoms with E-state index in [-0.39, 0.29) is 23.9 Å². The van der Waals surface area contributed by atoms with E-state index in [1.165, 1.54) is 23.5 Å². The number of amides is 2. The second-order valence-electron chi connectivity index (χ2n) is 6.66. The van der Waals surface area contributed by atoms with Crippen LogP contribution in [0.15, 0.2) is 42.5 Å². The van der Waals surface area contributed by atoms with E-state index < -0.39 is 10.8 Å². The number of nitro groups is 1. The van der Waals surface area contributed by atoms with Crippen LogP contribution in [0.3, 0.4) is 0 Å². The van der Waals surface area contributed by atoms with Crippen molar-refractivity contribution in [3.05, 3.63) is 58.1 Å². The largest absolute Gasteiger partial charge is 0.312 e. The van der Waals surface area contributed by atoms with E-state index in [1.807, 2.05) is 31.2 Å². The van der Waals surface area contributed by atoms with E-state index in [2.05, 4.69) is 10.3 Å². The van der Waals surface area contributed by atoms with Crippen molar-refractivity contribution in [3.8, 4) is 0 Å². The number of nitro benzene ring substituents is 1. The Morgan fingerprint density at radius 2 is 2.14 bits per heavy atom. The summed E-state index contributed by atoms with van der Waals surface area (Å²) in [5.41, 5.74) is 2.38. The molecule has 2 heterocycles. The van der Waals surface area contributed by atoms with E-state index in [9.17, 15) is 19.7 Å². The molecule has 2 amide bonds. The standard InChI is InChI=1S/C19H16N4O4S/c1-11-3-2-4-13(7-11)22-10-12(8-17(22)24)18(25)21-19-20-15-6-5-14(23(26)27)9-16(15)28-19/h2-7,9,12H,8,10H2,1H3,(H,20,21,25). The molecule has 2 aromatic carbocycles. The number of thiazole rings is 1. The highest BCUT2D eigenvalue weighted by molar-refractivity contribution is 7.22. The molecule has 0 radical (unpaired) electrons. The molecule has 28 heavy (non-hydrogen) atoms. The third-order valence-electron chi connectivity index (χ3n) is 4.62. The van der Waals surface area contributed by atoms with Crippen LogP contribution in [-0.2, 0) is 9.59 Å². The smallest absolute Gasteiger partial charge is 0.270 e. The number of anilines is 2. The molecule has 1 aliphatic heterocycles. The first kappa shape index (κ1) is 18.1. The highest BCUT2D eigenvalue weighted by Crippen LogP contribution is 2.31. The molecule has 1 unspecified atom stereocenters. The van der Waals surface area contributed by atoms with Crippen molar-refractivity contribution >= 4 is 49.9 Å². The lowest BCUT2D eigenvalue weighted by Gasteiger charge is -2.17. The molecule has 8 nitrogen and oxygen atoms in total. The Morgan fingerprint density at radius 1 is 1.32 bits per heavy atom. The minimum atomic E-state index is -0.477. The van der Waals surface area contributed by atoms with Gasteiger partial charge in [-0.1, -0.05) is 23.5 Å². The Balaban J connectivity index is 1.49. The molecule has 4 rings (SSSR count). The van der Waals surface area contributed by atoms with Gasteiger partial charge in [-0.05, 0) is 30.7 Å². The predicted molar refractivity (Wildman–Crippen MR) is 107 cm³/mol. The summed E-state index contributed by atoms with van der Waals surface area (Å²) in [5.74, 6) is -0.850. The quantitative estimate of drug-likeness (QED) is 0.537. The summed E-state index contributed by atoms with van der Waals surface area (Å²) in [6.45, 7) is 2.26. The molecule has 1 N–H and O–H groups in total. The van der Waals surface area contributed by atoms with Crippen LogP contribution in [0.4, 0.5) is 16.5 Å². The maximum atomic E-state index is 12.6. The summed E-state index contributed by atoms with van der Waals surface area (Å²) in [7, 11) is 0. The van der Waals surface area contributed by atoms with E-state index in [0.29, 0.717) is 21.9 Å². The molecule has 1 saturated heterocycles. The zero-order valence-electron chi connectivity index (χ0n) is 14.9. The lowest BCUT2D eigenvalue weighted by Crippen LogP contribution is -2.28. The number of aromatic nitrogens is 1. The van der Waals surface area contributed by atoms with Crippen LogP contribution < -0.4 is 10.2 Å². The number of nitrogens with one attached hydrogen (secondary N) is 1. The number of fused-ring (bicyclic) bond motifs is 1. The molecule has 0 aliphatic carbocycles. The van der Waals surface area contributed by atoms with Gasteiger partial charge in [-0.3, -0.25) is 19.7 Å². The van der Waals surface area contributed by atoms with E-state index in [4.69, 9.17) is 0 Å². The molecule has 1 fully saturated rings. The first-order chi connectivity index (χ1) is 13.4. The highest BCUT2D eigenvalue weighted by Gasteiger charge is 2.35. The third-order valence-corrected chi connectivity index (χ3v) is 5.56. The number of hydrogen-bond acceptors (Lipinski definition) is 6. The van der Waals surface area contributed by atoms with Gasteiger partial charge in [-0.2, -0.15) is 0 Å². The Morgan fingerprint density at radius 3 is 2.89 bits per heavy atom. The van der Waals surface area contributed by atoms with Gasteiger partial charge < -0.3 is 10.2 Å². The van der Waals surface area contributed by atoms with E-state index in [1.54, 1.807) is 11.0 Å². The Hall–Kier alpha value is -3.33. The van der Waals surface area contributed by atoms with Gasteiger partial charge in [-0.15, -0.1) is 0 Å². The lowest BCUT2D eigenvalue weighted by atomic mass is 10.1. The molecule has 0 spiro atoms. The molecule has 1 aliphatic rings. The average molecular weight is 396 g/mol. The predicted octanol–water partition coefficient (Wildman–Crippen LogP) is 3.50.